The molecule has 1 amide bonds. The highest BCUT2D eigenvalue weighted by Gasteiger charge is 2.36. The number of carbonyl (C=O) groups is 3. The van der Waals surface area contributed by atoms with Crippen LogP contribution in [0.25, 0.3) is 0 Å². The Kier molecular flexibility index (Phi) is 6.70. The van der Waals surface area contributed by atoms with Gasteiger partial charge in [0.15, 0.2) is 5.78 Å². The Morgan fingerprint density at radius 2 is 1.88 bits per heavy atom. The van der Waals surface area contributed by atoms with Crippen LogP contribution in [0.4, 0.5) is 0 Å². The molecule has 2 rings (SSSR count). The molecule has 0 aliphatic carbocycles. The van der Waals surface area contributed by atoms with Gasteiger partial charge in [0.1, 0.15) is 0 Å². The Labute approximate surface area is 147 Å². The maximum atomic E-state index is 12.5. The summed E-state index contributed by atoms with van der Waals surface area (Å²) < 4.78 is 5.27. The van der Waals surface area contributed by atoms with Crippen LogP contribution in [0.2, 0.25) is 0 Å². The summed E-state index contributed by atoms with van der Waals surface area (Å²) in [7, 11) is 1.56. The summed E-state index contributed by atoms with van der Waals surface area (Å²) in [5, 5.41) is 9.01. The van der Waals surface area contributed by atoms with Crippen LogP contribution >= 0.6 is 0 Å². The molecule has 0 spiro atoms. The summed E-state index contributed by atoms with van der Waals surface area (Å²) in [5.41, 5.74) is 1.76. The third-order valence-corrected chi connectivity index (χ3v) is 4.69. The number of nitrogens with zero attached hydrogens (tertiary/aromatic N) is 1. The highest BCUT2D eigenvalue weighted by atomic mass is 16.5. The average molecular weight is 347 g/mol. The first-order valence-electron chi connectivity index (χ1n) is 8.60. The van der Waals surface area contributed by atoms with E-state index in [1.807, 2.05) is 19.1 Å². The number of ether oxygens (including phenoxy) is 1. The molecular formula is C19H25NO5. The van der Waals surface area contributed by atoms with E-state index in [1.54, 1.807) is 24.1 Å². The monoisotopic (exact) mass is 347 g/mol. The number of amides is 1. The van der Waals surface area contributed by atoms with E-state index in [1.165, 1.54) is 0 Å². The van der Waals surface area contributed by atoms with Gasteiger partial charge in [-0.25, -0.2) is 0 Å². The maximum absolute atomic E-state index is 12.5. The first-order valence-corrected chi connectivity index (χ1v) is 8.60. The van der Waals surface area contributed by atoms with Gasteiger partial charge in [0, 0.05) is 38.1 Å². The molecule has 2 unspecified atom stereocenters. The molecule has 6 heteroatoms. The minimum absolute atomic E-state index is 0.0757. The molecule has 1 aromatic carbocycles. The van der Waals surface area contributed by atoms with Crippen molar-refractivity contribution < 1.29 is 24.2 Å². The first-order chi connectivity index (χ1) is 11.9. The molecule has 0 saturated carbocycles. The Bertz CT molecular complexity index is 625. The molecule has 1 fully saturated rings. The molecule has 1 N–H and O–H groups in total. The first kappa shape index (κ1) is 19.1. The topological polar surface area (TPSA) is 83.9 Å². The van der Waals surface area contributed by atoms with Crippen molar-refractivity contribution in [3.05, 3.63) is 35.4 Å². The fraction of sp³-hybridized carbons (Fsp3) is 0.526. The quantitative estimate of drug-likeness (QED) is 0.730. The highest BCUT2D eigenvalue weighted by Crippen LogP contribution is 2.24. The molecule has 136 valence electrons. The van der Waals surface area contributed by atoms with Crippen molar-refractivity contribution in [2.45, 2.75) is 51.2 Å². The molecule has 2 atom stereocenters. The number of likely N-dealkylation sites (tertiary alicyclic amines) is 1. The number of Topliss-reactive ketones (excluding diaryl/α,β-unsaturated/α-hetero) is 1. The number of carboxylic acid groups (broad SMARTS) is 1. The van der Waals surface area contributed by atoms with E-state index in [-0.39, 0.29) is 43.1 Å². The van der Waals surface area contributed by atoms with Crippen LogP contribution < -0.4 is 0 Å². The zero-order valence-corrected chi connectivity index (χ0v) is 14.7. The van der Waals surface area contributed by atoms with Gasteiger partial charge >= 0.3 is 5.97 Å². The number of carbonyl (C=O) groups excluding carboxylic acids is 2. The van der Waals surface area contributed by atoms with Crippen LogP contribution in [-0.2, 0) is 20.7 Å². The van der Waals surface area contributed by atoms with E-state index in [4.69, 9.17) is 9.84 Å². The van der Waals surface area contributed by atoms with Gasteiger partial charge in [0.05, 0.1) is 12.5 Å². The van der Waals surface area contributed by atoms with Crippen molar-refractivity contribution in [3.63, 3.8) is 0 Å². The fourth-order valence-electron chi connectivity index (χ4n) is 3.18. The van der Waals surface area contributed by atoms with Gasteiger partial charge in [-0.3, -0.25) is 14.4 Å². The van der Waals surface area contributed by atoms with Crippen LogP contribution in [0.5, 0.6) is 0 Å². The van der Waals surface area contributed by atoms with E-state index in [0.29, 0.717) is 18.5 Å². The molecule has 0 radical (unpaired) electrons. The number of hydrogen-bond donors (Lipinski definition) is 1. The molecule has 1 heterocycles. The van der Waals surface area contributed by atoms with Crippen molar-refractivity contribution in [3.8, 4) is 0 Å². The zero-order valence-electron chi connectivity index (χ0n) is 14.7. The van der Waals surface area contributed by atoms with Crippen molar-refractivity contribution >= 4 is 17.7 Å². The van der Waals surface area contributed by atoms with E-state index in [2.05, 4.69) is 0 Å². The second-order valence-electron chi connectivity index (χ2n) is 6.36. The predicted octanol–water partition coefficient (Wildman–Crippen LogP) is 2.30. The number of hydrogen-bond acceptors (Lipinski definition) is 4. The highest BCUT2D eigenvalue weighted by molar-refractivity contribution is 5.98. The van der Waals surface area contributed by atoms with Crippen molar-refractivity contribution in [1.82, 2.24) is 4.90 Å². The van der Waals surface area contributed by atoms with Gasteiger partial charge in [0.25, 0.3) is 0 Å². The summed E-state index contributed by atoms with van der Waals surface area (Å²) in [6.07, 6.45) is 1.39. The zero-order chi connectivity index (χ0) is 18.4. The smallest absolute Gasteiger partial charge is 0.305 e. The second kappa shape index (κ2) is 8.76. The van der Waals surface area contributed by atoms with Gasteiger partial charge in [-0.2, -0.15) is 0 Å². The number of aryl methyl sites for hydroxylation is 1. The number of benzene rings is 1. The Morgan fingerprint density at radius 1 is 1.20 bits per heavy atom. The van der Waals surface area contributed by atoms with E-state index in [9.17, 15) is 14.4 Å². The second-order valence-corrected chi connectivity index (χ2v) is 6.36. The third kappa shape index (κ3) is 5.13. The van der Waals surface area contributed by atoms with Gasteiger partial charge in [-0.15, -0.1) is 0 Å². The molecule has 1 aliphatic rings. The van der Waals surface area contributed by atoms with Crippen LogP contribution in [0.3, 0.4) is 0 Å². The molecule has 0 bridgehead atoms. The normalized spacial score (nSPS) is 19.8. The minimum atomic E-state index is -0.938. The Morgan fingerprint density at radius 3 is 2.44 bits per heavy atom. The summed E-state index contributed by atoms with van der Waals surface area (Å²) in [4.78, 5) is 37.3. The molecule has 0 aromatic heterocycles. The molecule has 6 nitrogen and oxygen atoms in total. The van der Waals surface area contributed by atoms with Crippen LogP contribution in [-0.4, -0.2) is 53.5 Å². The summed E-state index contributed by atoms with van der Waals surface area (Å²) in [5.74, 6) is -1.20. The minimum Gasteiger partial charge on any atom is -0.481 e. The van der Waals surface area contributed by atoms with Crippen molar-refractivity contribution in [2.24, 2.45) is 0 Å². The number of aliphatic carboxylic acids is 1. The van der Waals surface area contributed by atoms with Crippen molar-refractivity contribution in [1.29, 1.82) is 0 Å². The lowest BCUT2D eigenvalue weighted by Gasteiger charge is -2.23. The summed E-state index contributed by atoms with van der Waals surface area (Å²) >= 11 is 0. The lowest BCUT2D eigenvalue weighted by molar-refractivity contribution is -0.139. The standard InChI is InChI=1S/C19H25NO5/c1-3-13-4-6-14(7-5-13)17(21)8-9-18(22)20-12-16(25-2)10-15(20)11-19(23)24/h4-7,15-16H,3,8-12H2,1-2H3,(H,23,24). The number of ketones is 1. The van der Waals surface area contributed by atoms with Gasteiger partial charge in [-0.1, -0.05) is 31.2 Å². The average Bonchev–Trinajstić information content (AvgIpc) is 3.01. The molecule has 1 aromatic rings. The lowest BCUT2D eigenvalue weighted by atomic mass is 10.0. The number of carboxylic acids is 1. The molecule has 25 heavy (non-hydrogen) atoms. The maximum Gasteiger partial charge on any atom is 0.305 e. The lowest BCUT2D eigenvalue weighted by Crippen LogP contribution is -2.37. The summed E-state index contributed by atoms with van der Waals surface area (Å²) in [6, 6.07) is 7.04. The van der Waals surface area contributed by atoms with Crippen LogP contribution in [0, 0.1) is 0 Å². The summed E-state index contributed by atoms with van der Waals surface area (Å²) in [6.45, 7) is 2.43. The largest absolute Gasteiger partial charge is 0.481 e. The van der Waals surface area contributed by atoms with Crippen LogP contribution in [0.15, 0.2) is 24.3 Å². The van der Waals surface area contributed by atoms with Gasteiger partial charge < -0.3 is 14.7 Å². The molecule has 1 aliphatic heterocycles. The van der Waals surface area contributed by atoms with Crippen LogP contribution in [0.1, 0.15) is 48.5 Å². The number of rotatable bonds is 8. The van der Waals surface area contributed by atoms with E-state index < -0.39 is 5.97 Å². The number of methoxy groups -OCH3 is 1. The van der Waals surface area contributed by atoms with Crippen molar-refractivity contribution in [2.75, 3.05) is 13.7 Å². The third-order valence-electron chi connectivity index (χ3n) is 4.69. The SMILES string of the molecule is CCc1ccc(C(=O)CCC(=O)N2CC(OC)CC2CC(=O)O)cc1. The Balaban J connectivity index is 1.93. The fourth-order valence-corrected chi connectivity index (χ4v) is 3.18. The van der Waals surface area contributed by atoms with E-state index >= 15 is 0 Å². The van der Waals surface area contributed by atoms with Gasteiger partial charge in [-0.05, 0) is 18.4 Å². The van der Waals surface area contributed by atoms with Gasteiger partial charge in [0.2, 0.25) is 5.91 Å². The van der Waals surface area contributed by atoms with E-state index in [0.717, 1.165) is 12.0 Å². The molecular weight excluding hydrogens is 322 g/mol. The Hall–Kier alpha value is -2.21. The predicted molar refractivity (Wildman–Crippen MR) is 92.6 cm³/mol. The molecule has 1 saturated heterocycles.